The molecule has 1 fully saturated rings. The lowest BCUT2D eigenvalue weighted by Gasteiger charge is -2.32. The van der Waals surface area contributed by atoms with Gasteiger partial charge in [-0.05, 0) is 25.9 Å². The van der Waals surface area contributed by atoms with Crippen molar-refractivity contribution in [2.24, 2.45) is 5.92 Å². The summed E-state index contributed by atoms with van der Waals surface area (Å²) in [5.41, 5.74) is 0.0619. The standard InChI is InChI=1S/C12H13F5N2/c13-9-5-10(14)11(18-6-9)7-19-3-1-8(2-4-19)12(15,16)17/h5-6,8H,1-4,7H2. The van der Waals surface area contributed by atoms with Crippen LogP contribution in [0.3, 0.4) is 0 Å². The predicted molar refractivity (Wildman–Crippen MR) is 58.2 cm³/mol. The molecule has 2 rings (SSSR count). The van der Waals surface area contributed by atoms with Gasteiger partial charge in [-0.1, -0.05) is 0 Å². The van der Waals surface area contributed by atoms with Crippen LogP contribution in [0.4, 0.5) is 22.0 Å². The number of pyridine rings is 1. The van der Waals surface area contributed by atoms with E-state index in [9.17, 15) is 22.0 Å². The molecular formula is C12H13F5N2. The summed E-state index contributed by atoms with van der Waals surface area (Å²) in [7, 11) is 0. The summed E-state index contributed by atoms with van der Waals surface area (Å²) in [6.45, 7) is 0.585. The molecule has 0 aromatic carbocycles. The highest BCUT2D eigenvalue weighted by atomic mass is 19.4. The predicted octanol–water partition coefficient (Wildman–Crippen LogP) is 3.13. The zero-order chi connectivity index (χ0) is 14.0. The van der Waals surface area contributed by atoms with E-state index in [1.165, 1.54) is 0 Å². The molecule has 0 unspecified atom stereocenters. The second-order valence-corrected chi connectivity index (χ2v) is 4.67. The first-order valence-electron chi connectivity index (χ1n) is 5.95. The van der Waals surface area contributed by atoms with Gasteiger partial charge in [-0.3, -0.25) is 9.88 Å². The molecule has 0 amide bonds. The van der Waals surface area contributed by atoms with E-state index in [4.69, 9.17) is 0 Å². The summed E-state index contributed by atoms with van der Waals surface area (Å²) in [5.74, 6) is -2.82. The largest absolute Gasteiger partial charge is 0.391 e. The second-order valence-electron chi connectivity index (χ2n) is 4.67. The van der Waals surface area contributed by atoms with E-state index >= 15 is 0 Å². The van der Waals surface area contributed by atoms with Gasteiger partial charge < -0.3 is 0 Å². The molecule has 1 aromatic heterocycles. The van der Waals surface area contributed by atoms with Crippen molar-refractivity contribution in [2.45, 2.75) is 25.6 Å². The summed E-state index contributed by atoms with van der Waals surface area (Å²) >= 11 is 0. The molecule has 2 nitrogen and oxygen atoms in total. The van der Waals surface area contributed by atoms with Gasteiger partial charge in [0.1, 0.15) is 11.6 Å². The summed E-state index contributed by atoms with van der Waals surface area (Å²) in [5, 5.41) is 0. The average molecular weight is 280 g/mol. The Morgan fingerprint density at radius 1 is 1.21 bits per heavy atom. The third-order valence-electron chi connectivity index (χ3n) is 3.31. The molecule has 0 spiro atoms. The highest BCUT2D eigenvalue weighted by Crippen LogP contribution is 2.34. The first kappa shape index (κ1) is 14.2. The van der Waals surface area contributed by atoms with Crippen LogP contribution in [0.2, 0.25) is 0 Å². The number of alkyl halides is 3. The smallest absolute Gasteiger partial charge is 0.297 e. The molecule has 1 saturated heterocycles. The maximum absolute atomic E-state index is 13.4. The van der Waals surface area contributed by atoms with Crippen molar-refractivity contribution >= 4 is 0 Å². The molecule has 0 saturated carbocycles. The molecule has 1 aliphatic rings. The van der Waals surface area contributed by atoms with Gasteiger partial charge in [-0.15, -0.1) is 0 Å². The third-order valence-corrected chi connectivity index (χ3v) is 3.31. The quantitative estimate of drug-likeness (QED) is 0.774. The Labute approximate surface area is 107 Å². The number of hydrogen-bond donors (Lipinski definition) is 0. The molecule has 2 heterocycles. The number of halogens is 5. The van der Waals surface area contributed by atoms with Crippen LogP contribution in [0, 0.1) is 17.6 Å². The zero-order valence-electron chi connectivity index (χ0n) is 10.1. The van der Waals surface area contributed by atoms with Crippen LogP contribution in [0.5, 0.6) is 0 Å². The lowest BCUT2D eigenvalue weighted by Crippen LogP contribution is -2.38. The van der Waals surface area contributed by atoms with E-state index in [1.54, 1.807) is 4.90 Å². The van der Waals surface area contributed by atoms with Crippen molar-refractivity contribution in [1.29, 1.82) is 0 Å². The molecule has 0 N–H and O–H groups in total. The third kappa shape index (κ3) is 3.62. The lowest BCUT2D eigenvalue weighted by atomic mass is 9.96. The Bertz CT molecular complexity index is 438. The molecule has 0 atom stereocenters. The first-order chi connectivity index (χ1) is 8.86. The van der Waals surface area contributed by atoms with Crippen LogP contribution < -0.4 is 0 Å². The number of nitrogens with zero attached hydrogens (tertiary/aromatic N) is 2. The van der Waals surface area contributed by atoms with Crippen LogP contribution in [0.25, 0.3) is 0 Å². The average Bonchev–Trinajstić information content (AvgIpc) is 2.32. The molecular weight excluding hydrogens is 267 g/mol. The molecule has 0 radical (unpaired) electrons. The lowest BCUT2D eigenvalue weighted by molar-refractivity contribution is -0.185. The topological polar surface area (TPSA) is 16.1 Å². The van der Waals surface area contributed by atoms with E-state index in [0.717, 1.165) is 12.3 Å². The van der Waals surface area contributed by atoms with Crippen LogP contribution in [0.15, 0.2) is 12.3 Å². The highest BCUT2D eigenvalue weighted by molar-refractivity contribution is 5.08. The van der Waals surface area contributed by atoms with E-state index in [0.29, 0.717) is 0 Å². The fourth-order valence-corrected chi connectivity index (χ4v) is 2.19. The van der Waals surface area contributed by atoms with Crippen molar-refractivity contribution in [3.63, 3.8) is 0 Å². The molecule has 0 bridgehead atoms. The van der Waals surface area contributed by atoms with Crippen LogP contribution >= 0.6 is 0 Å². The Hall–Kier alpha value is -1.24. The van der Waals surface area contributed by atoms with Gasteiger partial charge in [0.05, 0.1) is 17.8 Å². The second kappa shape index (κ2) is 5.40. The molecule has 106 valence electrons. The molecule has 1 aromatic rings. The van der Waals surface area contributed by atoms with Crippen LogP contribution in [-0.4, -0.2) is 29.1 Å². The van der Waals surface area contributed by atoms with Crippen LogP contribution in [0.1, 0.15) is 18.5 Å². The van der Waals surface area contributed by atoms with E-state index in [1.807, 2.05) is 0 Å². The van der Waals surface area contributed by atoms with E-state index < -0.39 is 23.7 Å². The summed E-state index contributed by atoms with van der Waals surface area (Å²) in [6, 6.07) is 0.727. The Balaban J connectivity index is 1.92. The fourth-order valence-electron chi connectivity index (χ4n) is 2.19. The molecule has 1 aliphatic heterocycles. The number of likely N-dealkylation sites (tertiary alicyclic amines) is 1. The van der Waals surface area contributed by atoms with Gasteiger partial charge >= 0.3 is 6.18 Å². The minimum absolute atomic E-state index is 0.00626. The van der Waals surface area contributed by atoms with Crippen molar-refractivity contribution < 1.29 is 22.0 Å². The van der Waals surface area contributed by atoms with Gasteiger partial charge in [-0.25, -0.2) is 8.78 Å². The van der Waals surface area contributed by atoms with Gasteiger partial charge in [0.15, 0.2) is 0 Å². The van der Waals surface area contributed by atoms with E-state index in [2.05, 4.69) is 4.98 Å². The molecule has 0 aliphatic carbocycles. The fraction of sp³-hybridized carbons (Fsp3) is 0.583. The minimum Gasteiger partial charge on any atom is -0.297 e. The monoisotopic (exact) mass is 280 g/mol. The van der Waals surface area contributed by atoms with Crippen molar-refractivity contribution in [2.75, 3.05) is 13.1 Å². The van der Waals surface area contributed by atoms with E-state index in [-0.39, 0.29) is 38.2 Å². The summed E-state index contributed by atoms with van der Waals surface area (Å²) < 4.78 is 63.4. The van der Waals surface area contributed by atoms with Gasteiger partial charge in [0, 0.05) is 12.6 Å². The van der Waals surface area contributed by atoms with Crippen LogP contribution in [-0.2, 0) is 6.54 Å². The normalized spacial score (nSPS) is 18.8. The zero-order valence-corrected chi connectivity index (χ0v) is 10.1. The van der Waals surface area contributed by atoms with Crippen molar-refractivity contribution in [3.8, 4) is 0 Å². The summed E-state index contributed by atoms with van der Waals surface area (Å²) in [4.78, 5) is 5.33. The first-order valence-corrected chi connectivity index (χ1v) is 5.95. The Kier molecular flexibility index (Phi) is 4.03. The maximum Gasteiger partial charge on any atom is 0.391 e. The highest BCUT2D eigenvalue weighted by Gasteiger charge is 2.41. The van der Waals surface area contributed by atoms with Crippen molar-refractivity contribution in [1.82, 2.24) is 9.88 Å². The van der Waals surface area contributed by atoms with Gasteiger partial charge in [0.25, 0.3) is 0 Å². The minimum atomic E-state index is -4.16. The van der Waals surface area contributed by atoms with Crippen molar-refractivity contribution in [3.05, 3.63) is 29.6 Å². The number of rotatable bonds is 2. The Morgan fingerprint density at radius 3 is 2.37 bits per heavy atom. The number of hydrogen-bond acceptors (Lipinski definition) is 2. The number of aromatic nitrogens is 1. The molecule has 7 heteroatoms. The van der Waals surface area contributed by atoms with Gasteiger partial charge in [-0.2, -0.15) is 13.2 Å². The Morgan fingerprint density at radius 2 is 1.84 bits per heavy atom. The number of piperidine rings is 1. The van der Waals surface area contributed by atoms with Gasteiger partial charge in [0.2, 0.25) is 0 Å². The molecule has 19 heavy (non-hydrogen) atoms. The summed E-state index contributed by atoms with van der Waals surface area (Å²) in [6.07, 6.45) is -3.25. The maximum atomic E-state index is 13.4. The SMILES string of the molecule is Fc1cnc(CN2CCC(C(F)(F)F)CC2)c(F)c1.